The fourth-order valence-corrected chi connectivity index (χ4v) is 6.28. The molecule has 0 N–H and O–H groups in total. The fraction of sp³-hybridized carbons (Fsp3) is 0.774. The molecule has 0 amide bonds. The van der Waals surface area contributed by atoms with E-state index >= 15 is 0 Å². The summed E-state index contributed by atoms with van der Waals surface area (Å²) >= 11 is -0.250. The van der Waals surface area contributed by atoms with Gasteiger partial charge >= 0.3 is 5.97 Å². The van der Waals surface area contributed by atoms with E-state index in [2.05, 4.69) is 19.9 Å². The molecule has 0 spiro atoms. The Bertz CT molecular complexity index is 656. The minimum absolute atomic E-state index is 0.121. The van der Waals surface area contributed by atoms with E-state index in [0.717, 1.165) is 48.5 Å². The van der Waals surface area contributed by atoms with Crippen LogP contribution in [0.1, 0.15) is 139 Å². The number of aryl methyl sites for hydroxylation is 1. The molecule has 1 fully saturated rings. The molecule has 0 bridgehead atoms. The zero-order chi connectivity index (χ0) is 25.0. The highest BCUT2D eigenvalue weighted by Crippen LogP contribution is 2.20. The number of ether oxygens (including phenoxy) is 1. The van der Waals surface area contributed by atoms with Crippen LogP contribution in [0.2, 0.25) is 0 Å². The molecule has 2 unspecified atom stereocenters. The van der Waals surface area contributed by atoms with Crippen LogP contribution in [-0.2, 0) is 26.5 Å². The summed E-state index contributed by atoms with van der Waals surface area (Å²) in [7, 11) is 0. The largest absolute Gasteiger partial charge is 0.395 e. The Hall–Kier alpha value is -1.00. The van der Waals surface area contributed by atoms with Crippen LogP contribution in [0.15, 0.2) is 24.3 Å². The molecule has 1 aliphatic heterocycles. The Balaban J connectivity index is 1.44. The van der Waals surface area contributed by atoms with Gasteiger partial charge in [0.15, 0.2) is 5.75 Å². The van der Waals surface area contributed by atoms with Crippen molar-refractivity contribution in [1.29, 1.82) is 0 Å². The highest BCUT2D eigenvalue weighted by atomic mass is 32.2. The number of hydrogen-bond acceptors (Lipinski definition) is 3. The van der Waals surface area contributed by atoms with Crippen molar-refractivity contribution in [2.75, 3.05) is 18.1 Å². The molecule has 2 atom stereocenters. The van der Waals surface area contributed by atoms with E-state index in [-0.39, 0.29) is 17.1 Å². The van der Waals surface area contributed by atoms with E-state index in [4.69, 9.17) is 8.92 Å². The Kier molecular flexibility index (Phi) is 17.4. The minimum Gasteiger partial charge on any atom is -0.378 e. The van der Waals surface area contributed by atoms with Gasteiger partial charge < -0.3 is 4.74 Å². The van der Waals surface area contributed by atoms with Crippen LogP contribution in [0.5, 0.6) is 0 Å². The highest BCUT2D eigenvalue weighted by molar-refractivity contribution is 7.92. The maximum absolute atomic E-state index is 12.8. The predicted molar refractivity (Wildman–Crippen MR) is 152 cm³/mol. The molecule has 0 radical (unpaired) electrons. The first-order valence-corrected chi connectivity index (χ1v) is 16.3. The Morgan fingerprint density at radius 3 is 2.17 bits per heavy atom. The number of carbonyl (C=O) groups excluding carboxylic acids is 1. The first kappa shape index (κ1) is 30.2. The molecule has 0 aliphatic carbocycles. The predicted octanol–water partition coefficient (Wildman–Crippen LogP) is 8.99. The van der Waals surface area contributed by atoms with Crippen LogP contribution in [0.3, 0.4) is 0 Å². The van der Waals surface area contributed by atoms with Gasteiger partial charge in [-0.2, -0.15) is 0 Å². The van der Waals surface area contributed by atoms with Gasteiger partial charge in [0.2, 0.25) is 11.2 Å². The molecule has 1 aromatic rings. The van der Waals surface area contributed by atoms with Crippen molar-refractivity contribution in [3.8, 4) is 0 Å². The lowest BCUT2D eigenvalue weighted by Crippen LogP contribution is -2.20. The van der Waals surface area contributed by atoms with E-state index in [0.29, 0.717) is 6.10 Å². The number of carbonyl (C=O) groups is 1. The average Bonchev–Trinajstić information content (AvgIpc) is 2.90. The second-order valence-electron chi connectivity index (χ2n) is 10.2. The molecule has 3 nitrogen and oxygen atoms in total. The van der Waals surface area contributed by atoms with Gasteiger partial charge in [0.05, 0.1) is 11.7 Å². The van der Waals surface area contributed by atoms with Crippen LogP contribution in [0.25, 0.3) is 0 Å². The van der Waals surface area contributed by atoms with Gasteiger partial charge in [-0.25, -0.2) is 8.98 Å². The molecule has 1 aromatic carbocycles. The molecule has 1 heterocycles. The lowest BCUT2D eigenvalue weighted by molar-refractivity contribution is 0.00977. The summed E-state index contributed by atoms with van der Waals surface area (Å²) < 4.78 is 11.7. The Morgan fingerprint density at radius 1 is 0.886 bits per heavy atom. The number of rotatable bonds is 20. The van der Waals surface area contributed by atoms with Crippen molar-refractivity contribution in [3.05, 3.63) is 35.4 Å². The topological polar surface area (TPSA) is 35.5 Å². The van der Waals surface area contributed by atoms with E-state index in [1.54, 1.807) is 0 Å². The molecule has 2 rings (SSSR count). The van der Waals surface area contributed by atoms with Gasteiger partial charge in [-0.05, 0) is 69.9 Å². The second kappa shape index (κ2) is 20.1. The standard InChI is InChI=1S/C31H53O3S/c1-3-5-21-28-22-16-17-25-30(28)31(32)34-35(4-2)27-20-14-12-10-8-6-7-9-11-13-15-23-29-24-18-19-26-33-29/h16-17,22,25,29H,3-15,18-21,23-24,26-27H2,1-2H3/q+1. The first-order valence-electron chi connectivity index (χ1n) is 14.8. The quantitative estimate of drug-likeness (QED) is 0.131. The third-order valence-electron chi connectivity index (χ3n) is 7.22. The summed E-state index contributed by atoms with van der Waals surface area (Å²) in [6, 6.07) is 7.97. The van der Waals surface area contributed by atoms with E-state index < -0.39 is 0 Å². The zero-order valence-electron chi connectivity index (χ0n) is 22.9. The summed E-state index contributed by atoms with van der Waals surface area (Å²) in [6.07, 6.45) is 23.8. The molecule has 1 aliphatic rings. The maximum atomic E-state index is 12.8. The number of hydrogen-bond donors (Lipinski definition) is 0. The molecule has 0 aromatic heterocycles. The summed E-state index contributed by atoms with van der Waals surface area (Å²) in [4.78, 5) is 12.8. The molecule has 0 saturated carbocycles. The minimum atomic E-state index is -0.250. The molecule has 4 heteroatoms. The Labute approximate surface area is 219 Å². The van der Waals surface area contributed by atoms with Crippen molar-refractivity contribution in [2.24, 2.45) is 0 Å². The Morgan fingerprint density at radius 2 is 1.54 bits per heavy atom. The van der Waals surface area contributed by atoms with Crippen LogP contribution < -0.4 is 0 Å². The van der Waals surface area contributed by atoms with Crippen LogP contribution in [0.4, 0.5) is 0 Å². The lowest BCUT2D eigenvalue weighted by Gasteiger charge is -2.22. The normalized spacial score (nSPS) is 16.8. The van der Waals surface area contributed by atoms with Crippen LogP contribution >= 0.6 is 0 Å². The molecular weight excluding hydrogens is 452 g/mol. The third-order valence-corrected chi connectivity index (χ3v) is 9.00. The first-order chi connectivity index (χ1) is 17.2. The SMILES string of the molecule is CCCCc1ccccc1C(=O)O[S+](CC)CCCCCCCCCCCCCC1CCCCO1. The van der Waals surface area contributed by atoms with Crippen molar-refractivity contribution < 1.29 is 13.7 Å². The number of unbranched alkanes of at least 4 members (excludes halogenated alkanes) is 11. The van der Waals surface area contributed by atoms with Crippen molar-refractivity contribution in [3.63, 3.8) is 0 Å². The van der Waals surface area contributed by atoms with Gasteiger partial charge in [-0.3, -0.25) is 0 Å². The van der Waals surface area contributed by atoms with Crippen molar-refractivity contribution >= 4 is 17.1 Å². The zero-order valence-corrected chi connectivity index (χ0v) is 23.7. The summed E-state index contributed by atoms with van der Waals surface area (Å²) in [6.45, 7) is 5.32. The molecule has 200 valence electrons. The lowest BCUT2D eigenvalue weighted by atomic mass is 10.0. The summed E-state index contributed by atoms with van der Waals surface area (Å²) in [5, 5.41) is 0. The van der Waals surface area contributed by atoms with Gasteiger partial charge in [-0.15, -0.1) is 0 Å². The maximum Gasteiger partial charge on any atom is 0.395 e. The number of benzene rings is 1. The van der Waals surface area contributed by atoms with Gasteiger partial charge in [0.1, 0.15) is 5.75 Å². The van der Waals surface area contributed by atoms with E-state index in [9.17, 15) is 4.79 Å². The van der Waals surface area contributed by atoms with E-state index in [1.165, 1.54) is 96.3 Å². The average molecular weight is 506 g/mol. The van der Waals surface area contributed by atoms with Crippen LogP contribution in [0, 0.1) is 0 Å². The summed E-state index contributed by atoms with van der Waals surface area (Å²) in [5.41, 5.74) is 1.90. The van der Waals surface area contributed by atoms with E-state index in [1.807, 2.05) is 18.2 Å². The highest BCUT2D eigenvalue weighted by Gasteiger charge is 2.25. The van der Waals surface area contributed by atoms with Crippen molar-refractivity contribution in [1.82, 2.24) is 0 Å². The second-order valence-corrected chi connectivity index (χ2v) is 12.3. The molecule has 35 heavy (non-hydrogen) atoms. The monoisotopic (exact) mass is 505 g/mol. The van der Waals surface area contributed by atoms with Gasteiger partial charge in [-0.1, -0.05) is 89.3 Å². The van der Waals surface area contributed by atoms with Crippen LogP contribution in [-0.4, -0.2) is 30.2 Å². The third kappa shape index (κ3) is 13.8. The smallest absolute Gasteiger partial charge is 0.378 e. The summed E-state index contributed by atoms with van der Waals surface area (Å²) in [5.74, 6) is 1.83. The van der Waals surface area contributed by atoms with Crippen molar-refractivity contribution in [2.45, 2.75) is 136 Å². The fourth-order valence-electron chi connectivity index (χ4n) is 4.96. The molecule has 1 saturated heterocycles. The molecular formula is C31H53O3S+. The van der Waals surface area contributed by atoms with Gasteiger partial charge in [0.25, 0.3) is 0 Å². The van der Waals surface area contributed by atoms with Gasteiger partial charge in [0, 0.05) is 6.61 Å².